The van der Waals surface area contributed by atoms with Crippen molar-refractivity contribution >= 4 is 5.91 Å². The molecule has 2 heteroatoms. The summed E-state index contributed by atoms with van der Waals surface area (Å²) in [5.41, 5.74) is 0. The maximum Gasteiger partial charge on any atom is 0.223 e. The van der Waals surface area contributed by atoms with Crippen molar-refractivity contribution in [1.29, 1.82) is 0 Å². The van der Waals surface area contributed by atoms with Gasteiger partial charge in [0.05, 0.1) is 6.54 Å². The Labute approximate surface area is 62.0 Å². The summed E-state index contributed by atoms with van der Waals surface area (Å²) >= 11 is 0. The van der Waals surface area contributed by atoms with E-state index in [0.717, 1.165) is 6.42 Å². The predicted octanol–water partition coefficient (Wildman–Crippen LogP) is 0.782. The molecule has 10 heavy (non-hydrogen) atoms. The van der Waals surface area contributed by atoms with E-state index in [1.54, 1.807) is 0 Å². The minimum absolute atomic E-state index is 0.0421. The average Bonchev–Trinajstić information content (AvgIpc) is 1.98. The van der Waals surface area contributed by atoms with Gasteiger partial charge >= 0.3 is 0 Å². The fourth-order valence-electron chi connectivity index (χ4n) is 0.498. The molecule has 0 aromatic carbocycles. The topological polar surface area (TPSA) is 29.1 Å². The van der Waals surface area contributed by atoms with Crippen LogP contribution in [-0.2, 0) is 4.79 Å². The summed E-state index contributed by atoms with van der Waals surface area (Å²) in [4.78, 5) is 10.9. The van der Waals surface area contributed by atoms with E-state index in [-0.39, 0.29) is 11.8 Å². The molecule has 0 radical (unpaired) electrons. The molecule has 0 aliphatic carbocycles. The summed E-state index contributed by atoms with van der Waals surface area (Å²) in [7, 11) is 0. The lowest BCUT2D eigenvalue weighted by molar-refractivity contribution is -0.124. The van der Waals surface area contributed by atoms with Crippen LogP contribution in [0.25, 0.3) is 0 Å². The van der Waals surface area contributed by atoms with Crippen molar-refractivity contribution in [3.8, 4) is 12.3 Å². The van der Waals surface area contributed by atoms with Crippen LogP contribution in [0.4, 0.5) is 0 Å². The van der Waals surface area contributed by atoms with Crippen molar-refractivity contribution in [2.75, 3.05) is 6.54 Å². The highest BCUT2D eigenvalue weighted by molar-refractivity contribution is 5.78. The van der Waals surface area contributed by atoms with Crippen LogP contribution < -0.4 is 5.32 Å². The molecule has 0 fully saturated rings. The molecule has 1 amide bonds. The second kappa shape index (κ2) is 4.87. The van der Waals surface area contributed by atoms with Gasteiger partial charge in [0, 0.05) is 5.92 Å². The van der Waals surface area contributed by atoms with Crippen molar-refractivity contribution in [2.45, 2.75) is 20.3 Å². The Hall–Kier alpha value is -0.970. The van der Waals surface area contributed by atoms with Crippen LogP contribution in [0, 0.1) is 18.3 Å². The summed E-state index contributed by atoms with van der Waals surface area (Å²) in [6, 6.07) is 0. The lowest BCUT2D eigenvalue weighted by Gasteiger charge is -2.06. The predicted molar refractivity (Wildman–Crippen MR) is 41.3 cm³/mol. The van der Waals surface area contributed by atoms with Crippen molar-refractivity contribution in [3.05, 3.63) is 0 Å². The fourth-order valence-corrected chi connectivity index (χ4v) is 0.498. The molecule has 0 aliphatic rings. The van der Waals surface area contributed by atoms with Crippen LogP contribution in [-0.4, -0.2) is 12.5 Å². The molecule has 0 rings (SSSR count). The number of terminal acetylenes is 1. The zero-order valence-corrected chi connectivity index (χ0v) is 6.48. The highest BCUT2D eigenvalue weighted by Gasteiger charge is 2.07. The molecule has 0 aromatic rings. The van der Waals surface area contributed by atoms with Crippen LogP contribution in [0.3, 0.4) is 0 Å². The summed E-state index contributed by atoms with van der Waals surface area (Å²) in [6.07, 6.45) is 5.81. The Bertz CT molecular complexity index is 146. The second-order valence-electron chi connectivity index (χ2n) is 2.23. The summed E-state index contributed by atoms with van der Waals surface area (Å²) in [6.45, 7) is 4.19. The first-order valence-electron chi connectivity index (χ1n) is 3.43. The van der Waals surface area contributed by atoms with Gasteiger partial charge in [-0.15, -0.1) is 6.42 Å². The first-order valence-corrected chi connectivity index (χ1v) is 3.43. The highest BCUT2D eigenvalue weighted by Crippen LogP contribution is 1.98. The summed E-state index contributed by atoms with van der Waals surface area (Å²) in [5, 5.41) is 2.61. The van der Waals surface area contributed by atoms with Crippen molar-refractivity contribution in [3.63, 3.8) is 0 Å². The van der Waals surface area contributed by atoms with Gasteiger partial charge in [-0.25, -0.2) is 0 Å². The van der Waals surface area contributed by atoms with E-state index in [1.165, 1.54) is 0 Å². The molecule has 1 atom stereocenters. The van der Waals surface area contributed by atoms with E-state index in [4.69, 9.17) is 6.42 Å². The smallest absolute Gasteiger partial charge is 0.223 e. The van der Waals surface area contributed by atoms with Gasteiger partial charge in [-0.1, -0.05) is 19.8 Å². The Balaban J connectivity index is 3.54. The lowest BCUT2D eigenvalue weighted by atomic mass is 10.1. The number of carbonyl (C=O) groups excluding carboxylic acids is 1. The SMILES string of the molecule is C#CCNC(=O)[C@@H](C)CC. The maximum atomic E-state index is 10.9. The third-order valence-corrected chi connectivity index (χ3v) is 1.42. The van der Waals surface area contributed by atoms with Crippen molar-refractivity contribution < 1.29 is 4.79 Å². The van der Waals surface area contributed by atoms with Gasteiger partial charge in [-0.2, -0.15) is 0 Å². The number of rotatable bonds is 3. The highest BCUT2D eigenvalue weighted by atomic mass is 16.1. The van der Waals surface area contributed by atoms with E-state index < -0.39 is 0 Å². The summed E-state index contributed by atoms with van der Waals surface area (Å²) in [5.74, 6) is 2.46. The zero-order valence-electron chi connectivity index (χ0n) is 6.48. The molecule has 56 valence electrons. The molecule has 2 nitrogen and oxygen atoms in total. The summed E-state index contributed by atoms with van der Waals surface area (Å²) < 4.78 is 0. The third-order valence-electron chi connectivity index (χ3n) is 1.42. The lowest BCUT2D eigenvalue weighted by Crippen LogP contribution is -2.28. The van der Waals surface area contributed by atoms with Gasteiger partial charge < -0.3 is 5.32 Å². The van der Waals surface area contributed by atoms with E-state index in [0.29, 0.717) is 6.54 Å². The maximum absolute atomic E-state index is 10.9. The van der Waals surface area contributed by atoms with Crippen LogP contribution in [0.1, 0.15) is 20.3 Å². The molecule has 0 spiro atoms. The standard InChI is InChI=1S/C8H13NO/c1-4-6-9-8(10)7(3)5-2/h1,7H,5-6H2,2-3H3,(H,9,10)/t7-/m0/s1. The molecule has 1 N–H and O–H groups in total. The van der Waals surface area contributed by atoms with Gasteiger partial charge in [-0.05, 0) is 6.42 Å². The largest absolute Gasteiger partial charge is 0.345 e. The Morgan fingerprint density at radius 2 is 2.40 bits per heavy atom. The normalized spacial score (nSPS) is 11.7. The van der Waals surface area contributed by atoms with Gasteiger partial charge in [0.25, 0.3) is 0 Å². The molecule has 0 bridgehead atoms. The number of amides is 1. The van der Waals surface area contributed by atoms with E-state index in [9.17, 15) is 4.79 Å². The van der Waals surface area contributed by atoms with Crippen LogP contribution in [0.2, 0.25) is 0 Å². The van der Waals surface area contributed by atoms with Gasteiger partial charge in [0.1, 0.15) is 0 Å². The molecular formula is C8H13NO. The third kappa shape index (κ3) is 3.13. The minimum atomic E-state index is 0.0421. The van der Waals surface area contributed by atoms with Gasteiger partial charge in [0.2, 0.25) is 5.91 Å². The van der Waals surface area contributed by atoms with Crippen LogP contribution >= 0.6 is 0 Å². The molecule has 0 saturated heterocycles. The number of carbonyl (C=O) groups is 1. The van der Waals surface area contributed by atoms with Crippen molar-refractivity contribution in [2.24, 2.45) is 5.92 Å². The molecule has 0 aromatic heterocycles. The number of hydrogen-bond donors (Lipinski definition) is 1. The monoisotopic (exact) mass is 139 g/mol. The molecule has 0 aliphatic heterocycles. The molecular weight excluding hydrogens is 126 g/mol. The number of nitrogens with one attached hydrogen (secondary N) is 1. The van der Waals surface area contributed by atoms with Gasteiger partial charge in [-0.3, -0.25) is 4.79 Å². The first kappa shape index (κ1) is 9.03. The van der Waals surface area contributed by atoms with E-state index in [1.807, 2.05) is 13.8 Å². The first-order chi connectivity index (χ1) is 4.72. The van der Waals surface area contributed by atoms with E-state index >= 15 is 0 Å². The average molecular weight is 139 g/mol. The van der Waals surface area contributed by atoms with E-state index in [2.05, 4.69) is 11.2 Å². The quantitative estimate of drug-likeness (QED) is 0.575. The second-order valence-corrected chi connectivity index (χ2v) is 2.23. The Morgan fingerprint density at radius 3 is 2.80 bits per heavy atom. The van der Waals surface area contributed by atoms with Crippen LogP contribution in [0.15, 0.2) is 0 Å². The Kier molecular flexibility index (Phi) is 4.39. The number of hydrogen-bond acceptors (Lipinski definition) is 1. The Morgan fingerprint density at radius 1 is 1.80 bits per heavy atom. The molecule has 0 saturated carbocycles. The molecule has 0 heterocycles. The van der Waals surface area contributed by atoms with Gasteiger partial charge in [0.15, 0.2) is 0 Å². The minimum Gasteiger partial charge on any atom is -0.345 e. The molecule has 0 unspecified atom stereocenters. The van der Waals surface area contributed by atoms with Crippen LogP contribution in [0.5, 0.6) is 0 Å². The van der Waals surface area contributed by atoms with Crippen molar-refractivity contribution in [1.82, 2.24) is 5.32 Å². The fraction of sp³-hybridized carbons (Fsp3) is 0.625. The zero-order chi connectivity index (χ0) is 7.98.